The van der Waals surface area contributed by atoms with Gasteiger partial charge in [-0.15, -0.1) is 0 Å². The zero-order valence-electron chi connectivity index (χ0n) is 13.2. The summed E-state index contributed by atoms with van der Waals surface area (Å²) in [5.74, 6) is 0. The van der Waals surface area contributed by atoms with Crippen molar-refractivity contribution in [1.29, 1.82) is 0 Å². The molecule has 0 heterocycles. The van der Waals surface area contributed by atoms with Gasteiger partial charge in [-0.05, 0) is 36.4 Å². The third-order valence-electron chi connectivity index (χ3n) is 2.67. The van der Waals surface area contributed by atoms with E-state index >= 15 is 0 Å². The third-order valence-corrected chi connectivity index (χ3v) is 4.38. The average molecular weight is 482 g/mol. The molecule has 3 aromatic carbocycles. The number of hydrogen-bond acceptors (Lipinski definition) is 3. The Bertz CT molecular complexity index is 623. The van der Waals surface area contributed by atoms with E-state index in [0.717, 1.165) is 15.9 Å². The van der Waals surface area contributed by atoms with Crippen molar-refractivity contribution in [2.24, 2.45) is 0 Å². The van der Waals surface area contributed by atoms with Crippen LogP contribution in [0.3, 0.4) is 0 Å². The molecule has 0 radical (unpaired) electrons. The Labute approximate surface area is 166 Å². The van der Waals surface area contributed by atoms with Crippen LogP contribution in [0.15, 0.2) is 91.0 Å². The summed E-state index contributed by atoms with van der Waals surface area (Å²) in [4.78, 5) is 0. The van der Waals surface area contributed by atoms with Crippen LogP contribution >= 0.6 is 25.4 Å². The SMILES string of the molecule is O=[PH+]c1ccccc1.O=[PH+]c1ccccc1.O=[PH+]c1ccccc1.[Pd]. The van der Waals surface area contributed by atoms with Crippen molar-refractivity contribution < 1.29 is 34.1 Å². The van der Waals surface area contributed by atoms with Crippen LogP contribution in [0.1, 0.15) is 0 Å². The summed E-state index contributed by atoms with van der Waals surface area (Å²) >= 11 is 0. The van der Waals surface area contributed by atoms with Gasteiger partial charge in [-0.1, -0.05) is 68.3 Å². The van der Waals surface area contributed by atoms with Crippen LogP contribution in [0.25, 0.3) is 0 Å². The molecular formula is C18H18O3P3Pd+3. The molecule has 0 saturated carbocycles. The molecule has 3 nitrogen and oxygen atoms in total. The zero-order valence-corrected chi connectivity index (χ0v) is 17.8. The maximum absolute atomic E-state index is 10.2. The predicted octanol–water partition coefficient (Wildman–Crippen LogP) is 4.01. The molecule has 3 rings (SSSR count). The first-order valence-corrected chi connectivity index (χ1v) is 9.82. The Morgan fingerprint density at radius 2 is 0.600 bits per heavy atom. The molecule has 0 aliphatic heterocycles. The normalized spacial score (nSPS) is 9.12. The van der Waals surface area contributed by atoms with Gasteiger partial charge in [0.05, 0.1) is 0 Å². The van der Waals surface area contributed by atoms with Crippen molar-refractivity contribution in [1.82, 2.24) is 0 Å². The van der Waals surface area contributed by atoms with Crippen LogP contribution < -0.4 is 15.9 Å². The van der Waals surface area contributed by atoms with Crippen LogP contribution in [0.5, 0.6) is 0 Å². The molecule has 130 valence electrons. The molecule has 0 fully saturated rings. The second-order valence-corrected chi connectivity index (χ2v) is 6.75. The summed E-state index contributed by atoms with van der Waals surface area (Å²) in [5, 5.41) is 2.65. The molecule has 0 aliphatic carbocycles. The molecular weight excluding hydrogens is 464 g/mol. The summed E-state index contributed by atoms with van der Waals surface area (Å²) in [7, 11) is -0.960. The second-order valence-electron chi connectivity index (χ2n) is 4.40. The molecule has 0 aliphatic rings. The summed E-state index contributed by atoms with van der Waals surface area (Å²) in [6.07, 6.45) is 0. The van der Waals surface area contributed by atoms with E-state index in [9.17, 15) is 13.7 Å². The molecule has 0 amide bonds. The van der Waals surface area contributed by atoms with Crippen LogP contribution in [-0.2, 0) is 34.1 Å². The first-order valence-electron chi connectivity index (χ1n) is 7.09. The third kappa shape index (κ3) is 11.7. The molecule has 3 unspecified atom stereocenters. The number of rotatable bonds is 3. The molecule has 7 heteroatoms. The Hall–Kier alpha value is -1.38. The molecule has 0 aromatic heterocycles. The van der Waals surface area contributed by atoms with Gasteiger partial charge in [-0.3, -0.25) is 0 Å². The molecule has 0 N–H and O–H groups in total. The van der Waals surface area contributed by atoms with Crippen LogP contribution in [0.4, 0.5) is 0 Å². The van der Waals surface area contributed by atoms with Gasteiger partial charge in [0.2, 0.25) is 0 Å². The fourth-order valence-corrected chi connectivity index (χ4v) is 2.50. The van der Waals surface area contributed by atoms with E-state index in [4.69, 9.17) is 0 Å². The number of hydrogen-bond donors (Lipinski definition) is 0. The molecule has 0 spiro atoms. The Kier molecular flexibility index (Phi) is 15.2. The van der Waals surface area contributed by atoms with Crippen molar-refractivity contribution in [3.63, 3.8) is 0 Å². The maximum atomic E-state index is 10.2. The minimum Gasteiger partial charge on any atom is -0.0707 e. The van der Waals surface area contributed by atoms with Gasteiger partial charge in [0.25, 0.3) is 0 Å². The maximum Gasteiger partial charge on any atom is 0.363 e. The second kappa shape index (κ2) is 16.1. The van der Waals surface area contributed by atoms with Crippen molar-refractivity contribution in [2.45, 2.75) is 0 Å². The van der Waals surface area contributed by atoms with Crippen LogP contribution in [0.2, 0.25) is 0 Å². The van der Waals surface area contributed by atoms with Crippen LogP contribution in [0, 0.1) is 0 Å². The minimum absolute atomic E-state index is 0. The van der Waals surface area contributed by atoms with E-state index in [-0.39, 0.29) is 45.8 Å². The van der Waals surface area contributed by atoms with Gasteiger partial charge in [0.1, 0.15) is 0 Å². The molecule has 0 saturated heterocycles. The first kappa shape index (κ1) is 23.6. The van der Waals surface area contributed by atoms with E-state index in [1.165, 1.54) is 0 Å². The van der Waals surface area contributed by atoms with Crippen molar-refractivity contribution >= 4 is 41.3 Å². The molecule has 25 heavy (non-hydrogen) atoms. The standard InChI is InChI=1S/3C6H5OP.Pd/c3*7-8-6-4-2-1-3-5-6;/h3*1-5H;/p+3. The van der Waals surface area contributed by atoms with Gasteiger partial charge in [-0.25, -0.2) is 0 Å². The fourth-order valence-electron chi connectivity index (χ4n) is 1.52. The van der Waals surface area contributed by atoms with E-state index in [1.807, 2.05) is 91.0 Å². The van der Waals surface area contributed by atoms with Gasteiger partial charge >= 0.3 is 25.4 Å². The van der Waals surface area contributed by atoms with Gasteiger partial charge in [0, 0.05) is 20.4 Å². The minimum atomic E-state index is -0.320. The molecule has 3 aromatic rings. The van der Waals surface area contributed by atoms with Crippen molar-refractivity contribution in [3.8, 4) is 0 Å². The topological polar surface area (TPSA) is 51.2 Å². The van der Waals surface area contributed by atoms with E-state index in [2.05, 4.69) is 0 Å². The summed E-state index contributed by atoms with van der Waals surface area (Å²) in [6.45, 7) is 0. The smallest absolute Gasteiger partial charge is 0.0707 e. The Balaban J connectivity index is 0.000000339. The quantitative estimate of drug-likeness (QED) is 0.420. The number of benzene rings is 3. The summed E-state index contributed by atoms with van der Waals surface area (Å²) in [5.41, 5.74) is 0. The van der Waals surface area contributed by atoms with Gasteiger partial charge < -0.3 is 0 Å². The Morgan fingerprint density at radius 3 is 0.720 bits per heavy atom. The van der Waals surface area contributed by atoms with Gasteiger partial charge in [0.15, 0.2) is 15.9 Å². The van der Waals surface area contributed by atoms with Crippen LogP contribution in [-0.4, -0.2) is 0 Å². The average Bonchev–Trinajstić information content (AvgIpc) is 2.71. The predicted molar refractivity (Wildman–Crippen MR) is 105 cm³/mol. The van der Waals surface area contributed by atoms with E-state index in [1.54, 1.807) is 0 Å². The summed E-state index contributed by atoms with van der Waals surface area (Å²) < 4.78 is 30.5. The zero-order chi connectivity index (χ0) is 17.5. The van der Waals surface area contributed by atoms with Crippen molar-refractivity contribution in [2.75, 3.05) is 0 Å². The van der Waals surface area contributed by atoms with Gasteiger partial charge in [-0.2, -0.15) is 0 Å². The van der Waals surface area contributed by atoms with Crippen molar-refractivity contribution in [3.05, 3.63) is 91.0 Å². The summed E-state index contributed by atoms with van der Waals surface area (Å²) in [6, 6.07) is 28.0. The first-order chi connectivity index (χ1) is 11.8. The molecule has 3 atom stereocenters. The monoisotopic (exact) mass is 481 g/mol. The molecule has 0 bridgehead atoms. The van der Waals surface area contributed by atoms with E-state index < -0.39 is 0 Å². The fraction of sp³-hybridized carbons (Fsp3) is 0. The largest absolute Gasteiger partial charge is 0.363 e. The Morgan fingerprint density at radius 1 is 0.400 bits per heavy atom. The van der Waals surface area contributed by atoms with E-state index in [0.29, 0.717) is 0 Å².